The molecule has 1 aliphatic heterocycles. The largest absolute Gasteiger partial charge is 0.496 e. The van der Waals surface area contributed by atoms with Gasteiger partial charge in [-0.05, 0) is 37.4 Å². The first-order chi connectivity index (χ1) is 7.40. The highest BCUT2D eigenvalue weighted by Crippen LogP contribution is 2.21. The Balaban J connectivity index is 2.02. The Bertz CT molecular complexity index is 305. The Hall–Kier alpha value is -1.02. The van der Waals surface area contributed by atoms with Crippen LogP contribution in [0.25, 0.3) is 0 Å². The Morgan fingerprint density at radius 2 is 2.20 bits per heavy atom. The van der Waals surface area contributed by atoms with Crippen LogP contribution in [0.2, 0.25) is 0 Å². The number of ether oxygens (including phenoxy) is 1. The molecular formula is C13H19NO. The summed E-state index contributed by atoms with van der Waals surface area (Å²) in [5.74, 6) is 1.02. The van der Waals surface area contributed by atoms with Gasteiger partial charge in [-0.25, -0.2) is 0 Å². The monoisotopic (exact) mass is 205 g/mol. The molecule has 0 amide bonds. The van der Waals surface area contributed by atoms with E-state index < -0.39 is 0 Å². The zero-order chi connectivity index (χ0) is 10.5. The lowest BCUT2D eigenvalue weighted by Gasteiger charge is -2.24. The molecule has 1 fully saturated rings. The van der Waals surface area contributed by atoms with Gasteiger partial charge in [-0.2, -0.15) is 0 Å². The Labute approximate surface area is 91.6 Å². The highest BCUT2D eigenvalue weighted by molar-refractivity contribution is 5.33. The van der Waals surface area contributed by atoms with Gasteiger partial charge in [-0.3, -0.25) is 0 Å². The van der Waals surface area contributed by atoms with Crippen LogP contribution in [0.15, 0.2) is 24.3 Å². The van der Waals surface area contributed by atoms with Gasteiger partial charge in [0, 0.05) is 6.04 Å². The van der Waals surface area contributed by atoms with Crippen LogP contribution in [0.3, 0.4) is 0 Å². The fraction of sp³-hybridized carbons (Fsp3) is 0.538. The molecule has 0 bridgehead atoms. The van der Waals surface area contributed by atoms with Crippen molar-refractivity contribution in [2.75, 3.05) is 13.7 Å². The van der Waals surface area contributed by atoms with Crippen molar-refractivity contribution >= 4 is 0 Å². The molecule has 1 aliphatic rings. The summed E-state index contributed by atoms with van der Waals surface area (Å²) in [6.07, 6.45) is 5.05. The Kier molecular flexibility index (Phi) is 3.62. The minimum atomic E-state index is 0.634. The minimum absolute atomic E-state index is 0.634. The van der Waals surface area contributed by atoms with E-state index in [1.807, 2.05) is 12.1 Å². The van der Waals surface area contributed by atoms with Crippen LogP contribution in [0.1, 0.15) is 24.8 Å². The van der Waals surface area contributed by atoms with Gasteiger partial charge in [0.2, 0.25) is 0 Å². The zero-order valence-corrected chi connectivity index (χ0v) is 9.33. The van der Waals surface area contributed by atoms with Crippen molar-refractivity contribution < 1.29 is 4.74 Å². The number of piperidine rings is 1. The molecule has 0 spiro atoms. The third-order valence-corrected chi connectivity index (χ3v) is 3.07. The summed E-state index contributed by atoms with van der Waals surface area (Å²) in [6, 6.07) is 8.94. The van der Waals surface area contributed by atoms with Crippen LogP contribution in [-0.4, -0.2) is 19.7 Å². The van der Waals surface area contributed by atoms with Crippen molar-refractivity contribution in [2.45, 2.75) is 31.7 Å². The molecule has 1 saturated heterocycles. The van der Waals surface area contributed by atoms with Gasteiger partial charge in [-0.1, -0.05) is 24.6 Å². The number of benzene rings is 1. The summed E-state index contributed by atoms with van der Waals surface area (Å²) < 4.78 is 5.36. The van der Waals surface area contributed by atoms with E-state index in [0.717, 1.165) is 12.2 Å². The van der Waals surface area contributed by atoms with E-state index >= 15 is 0 Å². The first-order valence-corrected chi connectivity index (χ1v) is 5.75. The number of methoxy groups -OCH3 is 1. The lowest BCUT2D eigenvalue weighted by Crippen LogP contribution is -2.35. The molecule has 1 heterocycles. The maximum absolute atomic E-state index is 5.36. The van der Waals surface area contributed by atoms with Gasteiger partial charge < -0.3 is 10.1 Å². The van der Waals surface area contributed by atoms with E-state index in [4.69, 9.17) is 4.74 Å². The second-order valence-corrected chi connectivity index (χ2v) is 4.16. The number of para-hydroxylation sites is 1. The van der Waals surface area contributed by atoms with Gasteiger partial charge in [-0.15, -0.1) is 0 Å². The molecule has 1 atom stereocenters. The predicted molar refractivity (Wildman–Crippen MR) is 62.3 cm³/mol. The maximum Gasteiger partial charge on any atom is 0.122 e. The Morgan fingerprint density at radius 3 is 2.93 bits per heavy atom. The van der Waals surface area contributed by atoms with E-state index in [2.05, 4.69) is 17.4 Å². The molecule has 0 aromatic heterocycles. The topological polar surface area (TPSA) is 21.3 Å². The summed E-state index contributed by atoms with van der Waals surface area (Å²) in [6.45, 7) is 1.17. The molecule has 2 nitrogen and oxygen atoms in total. The zero-order valence-electron chi connectivity index (χ0n) is 9.33. The summed E-state index contributed by atoms with van der Waals surface area (Å²) in [5.41, 5.74) is 1.32. The van der Waals surface area contributed by atoms with Crippen LogP contribution in [-0.2, 0) is 6.42 Å². The van der Waals surface area contributed by atoms with Crippen molar-refractivity contribution in [2.24, 2.45) is 0 Å². The van der Waals surface area contributed by atoms with Crippen LogP contribution in [0.5, 0.6) is 5.75 Å². The molecule has 1 aromatic rings. The van der Waals surface area contributed by atoms with E-state index in [1.165, 1.54) is 31.4 Å². The fourth-order valence-electron chi connectivity index (χ4n) is 2.24. The highest BCUT2D eigenvalue weighted by atomic mass is 16.5. The van der Waals surface area contributed by atoms with Crippen LogP contribution in [0.4, 0.5) is 0 Å². The number of hydrogen-bond donors (Lipinski definition) is 1. The first-order valence-electron chi connectivity index (χ1n) is 5.75. The predicted octanol–water partition coefficient (Wildman–Crippen LogP) is 2.38. The second-order valence-electron chi connectivity index (χ2n) is 4.16. The van der Waals surface area contributed by atoms with Gasteiger partial charge in [0.25, 0.3) is 0 Å². The molecule has 15 heavy (non-hydrogen) atoms. The van der Waals surface area contributed by atoms with Crippen molar-refractivity contribution in [1.29, 1.82) is 0 Å². The lowest BCUT2D eigenvalue weighted by atomic mass is 9.97. The SMILES string of the molecule is COc1ccccc1C[C@H]1CCCCN1. The Morgan fingerprint density at radius 1 is 1.33 bits per heavy atom. The maximum atomic E-state index is 5.36. The summed E-state index contributed by atoms with van der Waals surface area (Å²) in [7, 11) is 1.74. The molecule has 2 heteroatoms. The molecular weight excluding hydrogens is 186 g/mol. The molecule has 0 saturated carbocycles. The van der Waals surface area contributed by atoms with Gasteiger partial charge in [0.05, 0.1) is 7.11 Å². The van der Waals surface area contributed by atoms with Crippen LogP contribution < -0.4 is 10.1 Å². The van der Waals surface area contributed by atoms with Gasteiger partial charge in [0.1, 0.15) is 5.75 Å². The van der Waals surface area contributed by atoms with Crippen molar-refractivity contribution in [1.82, 2.24) is 5.32 Å². The molecule has 1 aromatic carbocycles. The fourth-order valence-corrected chi connectivity index (χ4v) is 2.24. The third-order valence-electron chi connectivity index (χ3n) is 3.07. The highest BCUT2D eigenvalue weighted by Gasteiger charge is 2.14. The summed E-state index contributed by atoms with van der Waals surface area (Å²) in [5, 5.41) is 3.56. The lowest BCUT2D eigenvalue weighted by molar-refractivity contribution is 0.381. The van der Waals surface area contributed by atoms with Crippen LogP contribution >= 0.6 is 0 Å². The van der Waals surface area contributed by atoms with Crippen molar-refractivity contribution in [3.8, 4) is 5.75 Å². The first kappa shape index (κ1) is 10.5. The normalized spacial score (nSPS) is 21.3. The average Bonchev–Trinajstić information content (AvgIpc) is 2.31. The van der Waals surface area contributed by atoms with Gasteiger partial charge >= 0.3 is 0 Å². The molecule has 82 valence electrons. The second kappa shape index (κ2) is 5.17. The van der Waals surface area contributed by atoms with E-state index in [0.29, 0.717) is 6.04 Å². The standard InChI is InChI=1S/C13H19NO/c1-15-13-8-3-2-6-11(13)10-12-7-4-5-9-14-12/h2-3,6,8,12,14H,4-5,7,9-10H2,1H3/t12-/m1/s1. The molecule has 1 N–H and O–H groups in total. The minimum Gasteiger partial charge on any atom is -0.496 e. The summed E-state index contributed by atoms with van der Waals surface area (Å²) in [4.78, 5) is 0. The van der Waals surface area contributed by atoms with Crippen molar-refractivity contribution in [3.63, 3.8) is 0 Å². The number of nitrogens with one attached hydrogen (secondary N) is 1. The van der Waals surface area contributed by atoms with Gasteiger partial charge in [0.15, 0.2) is 0 Å². The molecule has 0 aliphatic carbocycles. The number of rotatable bonds is 3. The summed E-state index contributed by atoms with van der Waals surface area (Å²) >= 11 is 0. The quantitative estimate of drug-likeness (QED) is 0.818. The van der Waals surface area contributed by atoms with E-state index in [-0.39, 0.29) is 0 Å². The van der Waals surface area contributed by atoms with E-state index in [9.17, 15) is 0 Å². The smallest absolute Gasteiger partial charge is 0.122 e. The molecule has 0 radical (unpaired) electrons. The van der Waals surface area contributed by atoms with E-state index in [1.54, 1.807) is 7.11 Å². The average molecular weight is 205 g/mol. The van der Waals surface area contributed by atoms with Crippen LogP contribution in [0, 0.1) is 0 Å². The van der Waals surface area contributed by atoms with Crippen molar-refractivity contribution in [3.05, 3.63) is 29.8 Å². The molecule has 0 unspecified atom stereocenters. The number of hydrogen-bond acceptors (Lipinski definition) is 2. The third kappa shape index (κ3) is 2.72. The molecule has 2 rings (SSSR count).